The molecule has 0 aliphatic carbocycles. The lowest BCUT2D eigenvalue weighted by molar-refractivity contribution is -0.119. The highest BCUT2D eigenvalue weighted by Gasteiger charge is 2.20. The van der Waals surface area contributed by atoms with Gasteiger partial charge in [0.25, 0.3) is 0 Å². The molecule has 0 aliphatic heterocycles. The molecule has 2 aromatic carbocycles. The van der Waals surface area contributed by atoms with Crippen LogP contribution in [0, 0.1) is 17.5 Å². The molecule has 2 nitrogen and oxygen atoms in total. The molecule has 0 aliphatic rings. The molecule has 0 spiro atoms. The van der Waals surface area contributed by atoms with Crippen molar-refractivity contribution in [2.45, 2.75) is 12.8 Å². The summed E-state index contributed by atoms with van der Waals surface area (Å²) in [6.07, 6.45) is 0. The summed E-state index contributed by atoms with van der Waals surface area (Å²) in [4.78, 5) is 11.3. The summed E-state index contributed by atoms with van der Waals surface area (Å²) >= 11 is 0. The second-order valence-corrected chi connectivity index (χ2v) is 4.43. The van der Waals surface area contributed by atoms with E-state index in [9.17, 15) is 18.0 Å². The number of hydrogen-bond acceptors (Lipinski definition) is 1. The van der Waals surface area contributed by atoms with Gasteiger partial charge in [0.15, 0.2) is 17.5 Å². The molecule has 1 amide bonds. The van der Waals surface area contributed by atoms with Gasteiger partial charge in [-0.3, -0.25) is 4.79 Å². The smallest absolute Gasteiger partial charge is 0.224 e. The molecule has 1 atom stereocenters. The highest BCUT2D eigenvalue weighted by atomic mass is 19.2. The van der Waals surface area contributed by atoms with Crippen LogP contribution in [0.25, 0.3) is 11.1 Å². The summed E-state index contributed by atoms with van der Waals surface area (Å²) in [5, 5.41) is 0. The van der Waals surface area contributed by atoms with Gasteiger partial charge in [-0.15, -0.1) is 0 Å². The fourth-order valence-corrected chi connectivity index (χ4v) is 2.01. The lowest BCUT2D eigenvalue weighted by Crippen LogP contribution is -2.19. The van der Waals surface area contributed by atoms with Crippen LogP contribution in [0.15, 0.2) is 36.4 Å². The van der Waals surface area contributed by atoms with Gasteiger partial charge >= 0.3 is 0 Å². The first-order valence-electron chi connectivity index (χ1n) is 5.95. The Kier molecular flexibility index (Phi) is 3.79. The number of carbonyl (C=O) groups is 1. The zero-order valence-electron chi connectivity index (χ0n) is 10.7. The molecule has 104 valence electrons. The van der Waals surface area contributed by atoms with E-state index in [0.29, 0.717) is 11.1 Å². The van der Waals surface area contributed by atoms with E-state index >= 15 is 0 Å². The van der Waals surface area contributed by atoms with Crippen molar-refractivity contribution >= 4 is 5.91 Å². The maximum absolute atomic E-state index is 13.9. The Labute approximate surface area is 114 Å². The van der Waals surface area contributed by atoms with E-state index in [2.05, 4.69) is 0 Å². The minimum atomic E-state index is -1.54. The van der Waals surface area contributed by atoms with Crippen LogP contribution in [0.4, 0.5) is 13.2 Å². The van der Waals surface area contributed by atoms with E-state index < -0.39 is 29.3 Å². The molecule has 20 heavy (non-hydrogen) atoms. The summed E-state index contributed by atoms with van der Waals surface area (Å²) < 4.78 is 40.2. The summed E-state index contributed by atoms with van der Waals surface area (Å²) in [5.74, 6) is -5.33. The van der Waals surface area contributed by atoms with Crippen molar-refractivity contribution in [2.24, 2.45) is 5.73 Å². The van der Waals surface area contributed by atoms with Crippen LogP contribution in [-0.2, 0) is 4.79 Å². The van der Waals surface area contributed by atoms with Gasteiger partial charge in [-0.2, -0.15) is 0 Å². The molecule has 2 rings (SSSR count). The maximum Gasteiger partial charge on any atom is 0.224 e. The predicted molar refractivity (Wildman–Crippen MR) is 69.4 cm³/mol. The number of rotatable bonds is 3. The summed E-state index contributed by atoms with van der Waals surface area (Å²) in [6.45, 7) is 1.57. The van der Waals surface area contributed by atoms with Crippen LogP contribution >= 0.6 is 0 Å². The van der Waals surface area contributed by atoms with Crippen LogP contribution in [0.2, 0.25) is 0 Å². The van der Waals surface area contributed by atoms with Crippen molar-refractivity contribution in [3.05, 3.63) is 59.4 Å². The summed E-state index contributed by atoms with van der Waals surface area (Å²) in [6, 6.07) is 8.40. The quantitative estimate of drug-likeness (QED) is 0.860. The Morgan fingerprint density at radius 1 is 1.00 bits per heavy atom. The largest absolute Gasteiger partial charge is 0.369 e. The number of nitrogens with two attached hydrogens (primary N) is 1. The molecule has 2 aromatic rings. The van der Waals surface area contributed by atoms with Gasteiger partial charge in [-0.25, -0.2) is 13.2 Å². The average molecular weight is 279 g/mol. The SMILES string of the molecule is CC(C(N)=O)c1ccccc1-c1ccc(F)c(F)c1F. The van der Waals surface area contributed by atoms with E-state index in [1.54, 1.807) is 25.1 Å². The molecule has 0 bridgehead atoms. The molecule has 0 heterocycles. The van der Waals surface area contributed by atoms with Gasteiger partial charge in [0, 0.05) is 5.56 Å². The van der Waals surface area contributed by atoms with E-state index in [1.165, 1.54) is 6.07 Å². The van der Waals surface area contributed by atoms with Gasteiger partial charge in [-0.05, 0) is 30.2 Å². The number of halogens is 3. The summed E-state index contributed by atoms with van der Waals surface area (Å²) in [5.41, 5.74) is 5.91. The third-order valence-electron chi connectivity index (χ3n) is 3.18. The third-order valence-corrected chi connectivity index (χ3v) is 3.18. The van der Waals surface area contributed by atoms with Gasteiger partial charge in [0.2, 0.25) is 5.91 Å². The second kappa shape index (κ2) is 5.36. The van der Waals surface area contributed by atoms with Crippen LogP contribution in [0.1, 0.15) is 18.4 Å². The van der Waals surface area contributed by atoms with Gasteiger partial charge in [0.1, 0.15) is 0 Å². The molecule has 2 N–H and O–H groups in total. The minimum absolute atomic E-state index is 0.104. The Hall–Kier alpha value is -2.30. The fourth-order valence-electron chi connectivity index (χ4n) is 2.01. The number of hydrogen-bond donors (Lipinski definition) is 1. The lowest BCUT2D eigenvalue weighted by Gasteiger charge is -2.14. The first kappa shape index (κ1) is 14.1. The van der Waals surface area contributed by atoms with Gasteiger partial charge < -0.3 is 5.73 Å². The Morgan fingerprint density at radius 3 is 2.30 bits per heavy atom. The predicted octanol–water partition coefficient (Wildman–Crippen LogP) is 3.36. The lowest BCUT2D eigenvalue weighted by atomic mass is 9.91. The highest BCUT2D eigenvalue weighted by molar-refractivity contribution is 5.85. The monoisotopic (exact) mass is 279 g/mol. The molecule has 0 saturated heterocycles. The minimum Gasteiger partial charge on any atom is -0.369 e. The first-order valence-corrected chi connectivity index (χ1v) is 5.95. The van der Waals surface area contributed by atoms with Crippen molar-refractivity contribution in [2.75, 3.05) is 0 Å². The molecular formula is C15H12F3NO. The fraction of sp³-hybridized carbons (Fsp3) is 0.133. The van der Waals surface area contributed by atoms with Crippen LogP contribution in [-0.4, -0.2) is 5.91 Å². The highest BCUT2D eigenvalue weighted by Crippen LogP contribution is 2.32. The van der Waals surface area contributed by atoms with Crippen molar-refractivity contribution in [3.63, 3.8) is 0 Å². The Morgan fingerprint density at radius 2 is 1.65 bits per heavy atom. The van der Waals surface area contributed by atoms with Crippen molar-refractivity contribution in [1.29, 1.82) is 0 Å². The van der Waals surface area contributed by atoms with Gasteiger partial charge in [-0.1, -0.05) is 24.3 Å². The van der Waals surface area contributed by atoms with E-state index in [1.807, 2.05) is 0 Å². The summed E-state index contributed by atoms with van der Waals surface area (Å²) in [7, 11) is 0. The van der Waals surface area contributed by atoms with E-state index in [-0.39, 0.29) is 5.56 Å². The molecule has 1 unspecified atom stereocenters. The van der Waals surface area contributed by atoms with Crippen molar-refractivity contribution in [1.82, 2.24) is 0 Å². The second-order valence-electron chi connectivity index (χ2n) is 4.43. The van der Waals surface area contributed by atoms with Crippen LogP contribution in [0.3, 0.4) is 0 Å². The molecule has 0 aromatic heterocycles. The molecular weight excluding hydrogens is 267 g/mol. The average Bonchev–Trinajstić information content (AvgIpc) is 2.44. The Bertz CT molecular complexity index is 670. The molecule has 0 fully saturated rings. The normalized spacial score (nSPS) is 12.2. The first-order chi connectivity index (χ1) is 9.43. The van der Waals surface area contributed by atoms with Crippen molar-refractivity contribution < 1.29 is 18.0 Å². The Balaban J connectivity index is 2.65. The van der Waals surface area contributed by atoms with Crippen LogP contribution < -0.4 is 5.73 Å². The maximum atomic E-state index is 13.9. The van der Waals surface area contributed by atoms with Crippen LogP contribution in [0.5, 0.6) is 0 Å². The molecule has 5 heteroatoms. The molecule has 0 saturated carbocycles. The van der Waals surface area contributed by atoms with Gasteiger partial charge in [0.05, 0.1) is 5.92 Å². The number of benzene rings is 2. The molecule has 0 radical (unpaired) electrons. The number of carbonyl (C=O) groups excluding carboxylic acids is 1. The standard InChI is InChI=1S/C15H12F3NO/c1-8(15(19)20)9-4-2-3-5-10(9)11-6-7-12(16)14(18)13(11)17/h2-8H,1H3,(H2,19,20). The third kappa shape index (κ3) is 2.39. The zero-order chi connectivity index (χ0) is 14.9. The van der Waals surface area contributed by atoms with E-state index in [4.69, 9.17) is 5.73 Å². The van der Waals surface area contributed by atoms with E-state index in [0.717, 1.165) is 12.1 Å². The topological polar surface area (TPSA) is 43.1 Å². The number of amides is 1. The van der Waals surface area contributed by atoms with Crippen molar-refractivity contribution in [3.8, 4) is 11.1 Å². The number of primary amides is 1. The zero-order valence-corrected chi connectivity index (χ0v) is 10.7.